The quantitative estimate of drug-likeness (QED) is 0.279. The molecule has 2 fully saturated rings. The van der Waals surface area contributed by atoms with Crippen molar-refractivity contribution in [3.63, 3.8) is 0 Å². The molecule has 0 spiro atoms. The maximum Gasteiger partial charge on any atom is 0.321 e. The van der Waals surface area contributed by atoms with Crippen molar-refractivity contribution < 1.29 is 27.8 Å². The number of piperidine rings is 1. The molecular formula is C33H41N3O6S. The summed E-state index contributed by atoms with van der Waals surface area (Å²) >= 11 is 0. The van der Waals surface area contributed by atoms with Gasteiger partial charge in [0.25, 0.3) is 0 Å². The van der Waals surface area contributed by atoms with Gasteiger partial charge < -0.3 is 30.1 Å². The van der Waals surface area contributed by atoms with Gasteiger partial charge in [0.1, 0.15) is 22.3 Å². The van der Waals surface area contributed by atoms with Gasteiger partial charge in [-0.25, -0.2) is 8.42 Å². The smallest absolute Gasteiger partial charge is 0.321 e. The Kier molecular flexibility index (Phi) is 9.59. The summed E-state index contributed by atoms with van der Waals surface area (Å²) in [4.78, 5) is 14.9. The molecule has 2 aliphatic rings. The number of hydrogen-bond acceptors (Lipinski definition) is 8. The molecule has 0 aromatic heterocycles. The third kappa shape index (κ3) is 6.51. The number of hydrogen-bond donors (Lipinski definition) is 3. The predicted molar refractivity (Wildman–Crippen MR) is 168 cm³/mol. The first-order chi connectivity index (χ1) is 20.8. The van der Waals surface area contributed by atoms with Gasteiger partial charge >= 0.3 is 5.97 Å². The lowest BCUT2D eigenvalue weighted by molar-refractivity contribution is -0.139. The third-order valence-electron chi connectivity index (χ3n) is 8.68. The highest BCUT2D eigenvalue weighted by atomic mass is 32.2. The predicted octanol–water partition coefficient (Wildman–Crippen LogP) is 4.15. The maximum atomic E-state index is 14.2. The second-order valence-corrected chi connectivity index (χ2v) is 13.7. The van der Waals surface area contributed by atoms with Gasteiger partial charge in [0.05, 0.1) is 24.7 Å². The molecule has 2 aliphatic heterocycles. The van der Waals surface area contributed by atoms with Crippen molar-refractivity contribution in [3.05, 3.63) is 72.3 Å². The number of anilines is 1. The number of aliphatic carboxylic acids is 1. The van der Waals surface area contributed by atoms with Crippen LogP contribution in [-0.2, 0) is 21.1 Å². The number of nitrogens with zero attached hydrogens (tertiary/aromatic N) is 1. The summed E-state index contributed by atoms with van der Waals surface area (Å²) in [7, 11) is -0.576. The monoisotopic (exact) mass is 607 g/mol. The van der Waals surface area contributed by atoms with Gasteiger partial charge in [0.15, 0.2) is 9.84 Å². The van der Waals surface area contributed by atoms with Gasteiger partial charge in [0.2, 0.25) is 0 Å². The summed E-state index contributed by atoms with van der Waals surface area (Å²) in [5.41, 5.74) is 3.43. The van der Waals surface area contributed by atoms with E-state index in [-0.39, 0.29) is 24.4 Å². The van der Waals surface area contributed by atoms with E-state index in [1.807, 2.05) is 54.6 Å². The second-order valence-electron chi connectivity index (χ2n) is 11.4. The number of benzene rings is 3. The molecule has 0 aliphatic carbocycles. The zero-order valence-corrected chi connectivity index (χ0v) is 25.7. The molecule has 2 atom stereocenters. The van der Waals surface area contributed by atoms with Gasteiger partial charge in [-0.05, 0) is 80.1 Å². The lowest BCUT2D eigenvalue weighted by atomic mass is 9.96. The lowest BCUT2D eigenvalue weighted by Gasteiger charge is -2.38. The Hall–Kier alpha value is -3.60. The molecule has 3 aromatic carbocycles. The zero-order valence-electron chi connectivity index (χ0n) is 24.8. The van der Waals surface area contributed by atoms with Crippen LogP contribution in [0.15, 0.2) is 71.6 Å². The molecule has 3 N–H and O–H groups in total. The molecule has 230 valence electrons. The molecule has 0 radical (unpaired) electrons. The van der Waals surface area contributed by atoms with E-state index in [4.69, 9.17) is 9.47 Å². The minimum atomic E-state index is -3.79. The van der Waals surface area contributed by atoms with Crippen LogP contribution in [0.4, 0.5) is 5.69 Å². The molecule has 0 amide bonds. The van der Waals surface area contributed by atoms with Crippen LogP contribution in [0.2, 0.25) is 0 Å². The van der Waals surface area contributed by atoms with Crippen molar-refractivity contribution in [3.8, 4) is 22.6 Å². The van der Waals surface area contributed by atoms with Gasteiger partial charge in [-0.15, -0.1) is 0 Å². The minimum absolute atomic E-state index is 0.0315. The van der Waals surface area contributed by atoms with E-state index in [1.165, 1.54) is 0 Å². The van der Waals surface area contributed by atoms with Crippen molar-refractivity contribution in [2.75, 3.05) is 51.8 Å². The van der Waals surface area contributed by atoms with E-state index in [9.17, 15) is 18.3 Å². The Morgan fingerprint density at radius 2 is 1.67 bits per heavy atom. The first-order valence-corrected chi connectivity index (χ1v) is 16.3. The highest BCUT2D eigenvalue weighted by molar-refractivity contribution is 7.93. The molecule has 1 unspecified atom stereocenters. The summed E-state index contributed by atoms with van der Waals surface area (Å²) in [6, 6.07) is 19.4. The molecule has 0 saturated carbocycles. The van der Waals surface area contributed by atoms with Crippen molar-refractivity contribution in [1.29, 1.82) is 0 Å². The molecule has 9 nitrogen and oxygen atoms in total. The highest BCUT2D eigenvalue weighted by Gasteiger charge is 2.46. The summed E-state index contributed by atoms with van der Waals surface area (Å²) < 4.78 is 38.4. The van der Waals surface area contributed by atoms with Crippen LogP contribution in [0, 0.1) is 0 Å². The Balaban J connectivity index is 1.35. The second kappa shape index (κ2) is 13.4. The maximum absolute atomic E-state index is 14.2. The number of carbonyl (C=O) groups is 1. The summed E-state index contributed by atoms with van der Waals surface area (Å²) in [6.45, 7) is 2.87. The summed E-state index contributed by atoms with van der Waals surface area (Å²) in [5.74, 6) is 0.328. The molecule has 5 rings (SSSR count). The third-order valence-corrected chi connectivity index (χ3v) is 11.2. The molecule has 43 heavy (non-hydrogen) atoms. The Labute approximate surface area is 254 Å². The van der Waals surface area contributed by atoms with Crippen molar-refractivity contribution in [2.24, 2.45) is 0 Å². The number of rotatable bonds is 12. The van der Waals surface area contributed by atoms with Gasteiger partial charge in [-0.3, -0.25) is 4.79 Å². The SMILES string of the molecule is COc1cccc(OC)c1-c1ccc(C[C@H](NCC2(S(=O)(=O)c3cccc(N4CCCC4)c3)CCCNC2)C(=O)O)cc1. The van der Waals surface area contributed by atoms with Crippen LogP contribution < -0.4 is 25.0 Å². The average Bonchev–Trinajstić information content (AvgIpc) is 3.59. The van der Waals surface area contributed by atoms with Crippen molar-refractivity contribution in [1.82, 2.24) is 10.6 Å². The molecule has 10 heteroatoms. The molecule has 2 saturated heterocycles. The van der Waals surface area contributed by atoms with E-state index < -0.39 is 26.6 Å². The van der Waals surface area contributed by atoms with Crippen LogP contribution in [-0.4, -0.2) is 77.2 Å². The standard InChI is InChI=1S/C33H41N3O6S/c1-41-29-10-6-11-30(42-2)31(29)25-14-12-24(13-15-25)20-28(32(37)38)35-23-33(16-7-17-34-22-33)43(39,40)27-9-5-8-26(21-27)36-18-3-4-19-36/h5-6,8-15,21,28,34-35H,3-4,7,16-20,22-23H2,1-2H3,(H,37,38)/t28-,33?/m0/s1. The van der Waals surface area contributed by atoms with E-state index >= 15 is 0 Å². The fourth-order valence-electron chi connectivity index (χ4n) is 6.22. The normalized spacial score (nSPS) is 19.6. The fraction of sp³-hybridized carbons (Fsp3) is 0.424. The molecule has 0 bridgehead atoms. The van der Waals surface area contributed by atoms with Crippen LogP contribution in [0.3, 0.4) is 0 Å². The van der Waals surface area contributed by atoms with Crippen LogP contribution in [0.25, 0.3) is 11.1 Å². The van der Waals surface area contributed by atoms with Gasteiger partial charge in [-0.1, -0.05) is 36.4 Å². The van der Waals surface area contributed by atoms with E-state index in [0.29, 0.717) is 24.3 Å². The minimum Gasteiger partial charge on any atom is -0.496 e. The van der Waals surface area contributed by atoms with Gasteiger partial charge in [0, 0.05) is 31.9 Å². The molecular weight excluding hydrogens is 566 g/mol. The first-order valence-electron chi connectivity index (χ1n) is 14.8. The number of carboxylic acids is 1. The number of nitrogens with one attached hydrogen (secondary N) is 2. The van der Waals surface area contributed by atoms with E-state index in [2.05, 4.69) is 15.5 Å². The Morgan fingerprint density at radius 1 is 1.00 bits per heavy atom. The van der Waals surface area contributed by atoms with E-state index in [0.717, 1.165) is 54.9 Å². The molecule has 3 aromatic rings. The van der Waals surface area contributed by atoms with Crippen LogP contribution >= 0.6 is 0 Å². The lowest BCUT2D eigenvalue weighted by Crippen LogP contribution is -2.59. The van der Waals surface area contributed by atoms with Crippen LogP contribution in [0.5, 0.6) is 11.5 Å². The zero-order chi connectivity index (χ0) is 30.5. The van der Waals surface area contributed by atoms with E-state index in [1.54, 1.807) is 26.4 Å². The number of carboxylic acid groups (broad SMARTS) is 1. The highest BCUT2D eigenvalue weighted by Crippen LogP contribution is 2.38. The topological polar surface area (TPSA) is 117 Å². The molecule has 2 heterocycles. The Bertz CT molecular complexity index is 1490. The number of ether oxygens (including phenoxy) is 2. The number of methoxy groups -OCH3 is 2. The van der Waals surface area contributed by atoms with Gasteiger partial charge in [-0.2, -0.15) is 0 Å². The summed E-state index contributed by atoms with van der Waals surface area (Å²) in [5, 5.41) is 16.5. The summed E-state index contributed by atoms with van der Waals surface area (Å²) in [6.07, 6.45) is 3.54. The van der Waals surface area contributed by atoms with Crippen LogP contribution in [0.1, 0.15) is 31.2 Å². The first kappa shape index (κ1) is 30.8. The average molecular weight is 608 g/mol. The fourth-order valence-corrected chi connectivity index (χ4v) is 8.24. The van der Waals surface area contributed by atoms with Crippen molar-refractivity contribution in [2.45, 2.75) is 47.8 Å². The number of sulfone groups is 1. The Morgan fingerprint density at radius 3 is 2.28 bits per heavy atom. The largest absolute Gasteiger partial charge is 0.496 e. The van der Waals surface area contributed by atoms with Crippen molar-refractivity contribution >= 4 is 21.5 Å².